The third-order valence-corrected chi connectivity index (χ3v) is 3.35. The van der Waals surface area contributed by atoms with Crippen LogP contribution in [0, 0.1) is 6.92 Å². The summed E-state index contributed by atoms with van der Waals surface area (Å²) in [6.45, 7) is 2.02. The summed E-state index contributed by atoms with van der Waals surface area (Å²) in [4.78, 5) is 10.3. The molecule has 0 heterocycles. The summed E-state index contributed by atoms with van der Waals surface area (Å²) < 4.78 is 0.681. The molecule has 1 rings (SSSR count). The van der Waals surface area contributed by atoms with Crippen LogP contribution in [0.2, 0.25) is 0 Å². The van der Waals surface area contributed by atoms with Gasteiger partial charge in [0.15, 0.2) is 0 Å². The number of aryl methyl sites for hydroxylation is 1. The minimum absolute atomic E-state index is 0.195. The maximum atomic E-state index is 10.3. The number of thiocarbonyl (C=S) groups is 1. The van der Waals surface area contributed by atoms with Gasteiger partial charge in [-0.15, -0.1) is 0 Å². The van der Waals surface area contributed by atoms with Gasteiger partial charge in [-0.2, -0.15) is 0 Å². The second-order valence-electron chi connectivity index (χ2n) is 3.63. The van der Waals surface area contributed by atoms with Gasteiger partial charge in [-0.05, 0) is 31.0 Å². The van der Waals surface area contributed by atoms with Gasteiger partial charge in [0.05, 0.1) is 0 Å². The highest BCUT2D eigenvalue weighted by Gasteiger charge is 2.01. The first-order valence-electron chi connectivity index (χ1n) is 5.30. The van der Waals surface area contributed by atoms with E-state index in [1.807, 2.05) is 31.2 Å². The number of carboxylic acid groups (broad SMARTS) is 1. The van der Waals surface area contributed by atoms with E-state index in [2.05, 4.69) is 5.32 Å². The molecule has 0 fully saturated rings. The van der Waals surface area contributed by atoms with Crippen LogP contribution < -0.4 is 5.32 Å². The third kappa shape index (κ3) is 6.28. The maximum Gasteiger partial charge on any atom is 0.303 e. The maximum absolute atomic E-state index is 10.3. The number of hydrogen-bond acceptors (Lipinski definition) is 3. The largest absolute Gasteiger partial charge is 0.481 e. The summed E-state index contributed by atoms with van der Waals surface area (Å²) in [5.41, 5.74) is 2.15. The molecule has 0 unspecified atom stereocenters. The molecule has 0 saturated heterocycles. The molecular formula is C12H15NO2S2. The molecule has 3 nitrogen and oxygen atoms in total. The summed E-state index contributed by atoms with van der Waals surface area (Å²) in [5, 5.41) is 11.6. The van der Waals surface area contributed by atoms with Crippen molar-refractivity contribution in [3.63, 3.8) is 0 Å². The zero-order valence-corrected chi connectivity index (χ0v) is 11.2. The van der Waals surface area contributed by atoms with Gasteiger partial charge in [0.25, 0.3) is 0 Å². The fraction of sp³-hybridized carbons (Fsp3) is 0.333. The number of hydrogen-bond donors (Lipinski definition) is 2. The van der Waals surface area contributed by atoms with Crippen molar-refractivity contribution in [1.82, 2.24) is 0 Å². The second-order valence-corrected chi connectivity index (χ2v) is 5.40. The summed E-state index contributed by atoms with van der Waals surface area (Å²) in [6.07, 6.45) is 0.829. The smallest absolute Gasteiger partial charge is 0.303 e. The molecule has 0 aliphatic carbocycles. The minimum atomic E-state index is -0.761. The van der Waals surface area contributed by atoms with Gasteiger partial charge in [0.1, 0.15) is 4.32 Å². The van der Waals surface area contributed by atoms with E-state index in [0.29, 0.717) is 10.7 Å². The Morgan fingerprint density at radius 1 is 1.53 bits per heavy atom. The van der Waals surface area contributed by atoms with Crippen molar-refractivity contribution in [1.29, 1.82) is 0 Å². The number of thioether (sulfide) groups is 1. The molecule has 0 atom stereocenters. The number of carboxylic acids is 1. The number of nitrogens with one attached hydrogen (secondary N) is 1. The highest BCUT2D eigenvalue weighted by atomic mass is 32.2. The predicted octanol–water partition coefficient (Wildman–Crippen LogP) is 3.29. The Morgan fingerprint density at radius 3 is 2.94 bits per heavy atom. The molecule has 0 radical (unpaired) electrons. The van der Waals surface area contributed by atoms with Crippen LogP contribution in [0.5, 0.6) is 0 Å². The van der Waals surface area contributed by atoms with E-state index in [9.17, 15) is 4.79 Å². The number of benzene rings is 1. The molecular weight excluding hydrogens is 254 g/mol. The van der Waals surface area contributed by atoms with Crippen molar-refractivity contribution in [2.24, 2.45) is 0 Å². The van der Waals surface area contributed by atoms with E-state index in [4.69, 9.17) is 17.3 Å². The highest BCUT2D eigenvalue weighted by molar-refractivity contribution is 8.23. The molecule has 2 N–H and O–H groups in total. The molecule has 0 bridgehead atoms. The molecule has 0 aliphatic rings. The normalized spacial score (nSPS) is 9.94. The summed E-state index contributed by atoms with van der Waals surface area (Å²) in [6, 6.07) is 7.96. The lowest BCUT2D eigenvalue weighted by atomic mass is 10.2. The summed E-state index contributed by atoms with van der Waals surface area (Å²) in [5.74, 6) is -0.0348. The summed E-state index contributed by atoms with van der Waals surface area (Å²) in [7, 11) is 0. The zero-order valence-electron chi connectivity index (χ0n) is 9.60. The predicted molar refractivity (Wildman–Crippen MR) is 76.7 cm³/mol. The topological polar surface area (TPSA) is 49.3 Å². The van der Waals surface area contributed by atoms with Gasteiger partial charge in [-0.1, -0.05) is 36.1 Å². The SMILES string of the molecule is Cc1cccc(NC(=S)SCCCC(=O)O)c1. The van der Waals surface area contributed by atoms with E-state index in [0.717, 1.165) is 11.4 Å². The highest BCUT2D eigenvalue weighted by Crippen LogP contribution is 2.14. The Labute approximate surface area is 111 Å². The van der Waals surface area contributed by atoms with Crippen LogP contribution in [0.15, 0.2) is 24.3 Å². The molecule has 5 heteroatoms. The fourth-order valence-corrected chi connectivity index (χ4v) is 2.30. The summed E-state index contributed by atoms with van der Waals surface area (Å²) >= 11 is 6.64. The van der Waals surface area contributed by atoms with E-state index in [1.165, 1.54) is 17.3 Å². The van der Waals surface area contributed by atoms with Crippen LogP contribution in [0.4, 0.5) is 5.69 Å². The Balaban J connectivity index is 2.27. The number of carbonyl (C=O) groups is 1. The van der Waals surface area contributed by atoms with E-state index >= 15 is 0 Å². The van der Waals surface area contributed by atoms with Gasteiger partial charge < -0.3 is 10.4 Å². The molecule has 0 amide bonds. The van der Waals surface area contributed by atoms with Gasteiger partial charge >= 0.3 is 5.97 Å². The Morgan fingerprint density at radius 2 is 2.29 bits per heavy atom. The van der Waals surface area contributed by atoms with Crippen LogP contribution in [-0.2, 0) is 4.79 Å². The van der Waals surface area contributed by atoms with Gasteiger partial charge in [0.2, 0.25) is 0 Å². The molecule has 1 aromatic carbocycles. The monoisotopic (exact) mass is 269 g/mol. The number of aliphatic carboxylic acids is 1. The quantitative estimate of drug-likeness (QED) is 0.634. The van der Waals surface area contributed by atoms with Crippen molar-refractivity contribution >= 4 is 40.0 Å². The molecule has 0 aromatic heterocycles. The molecule has 0 aliphatic heterocycles. The van der Waals surface area contributed by atoms with E-state index in [1.54, 1.807) is 0 Å². The van der Waals surface area contributed by atoms with E-state index < -0.39 is 5.97 Å². The molecule has 0 saturated carbocycles. The molecule has 1 aromatic rings. The zero-order chi connectivity index (χ0) is 12.7. The van der Waals surface area contributed by atoms with Gasteiger partial charge in [-0.3, -0.25) is 4.79 Å². The fourth-order valence-electron chi connectivity index (χ4n) is 1.27. The average Bonchev–Trinajstić information content (AvgIpc) is 2.24. The van der Waals surface area contributed by atoms with Crippen LogP contribution in [0.1, 0.15) is 18.4 Å². The number of anilines is 1. The average molecular weight is 269 g/mol. The Bertz CT molecular complexity index is 407. The van der Waals surface area contributed by atoms with Crippen molar-refractivity contribution in [3.05, 3.63) is 29.8 Å². The van der Waals surface area contributed by atoms with E-state index in [-0.39, 0.29) is 6.42 Å². The molecule has 17 heavy (non-hydrogen) atoms. The van der Waals surface area contributed by atoms with Crippen LogP contribution in [0.3, 0.4) is 0 Å². The van der Waals surface area contributed by atoms with Crippen molar-refractivity contribution < 1.29 is 9.90 Å². The lowest BCUT2D eigenvalue weighted by Crippen LogP contribution is -2.06. The first-order chi connectivity index (χ1) is 8.08. The van der Waals surface area contributed by atoms with Crippen LogP contribution in [-0.4, -0.2) is 21.1 Å². The van der Waals surface area contributed by atoms with Crippen molar-refractivity contribution in [3.8, 4) is 0 Å². The van der Waals surface area contributed by atoms with Crippen molar-refractivity contribution in [2.75, 3.05) is 11.1 Å². The lowest BCUT2D eigenvalue weighted by molar-refractivity contribution is -0.137. The van der Waals surface area contributed by atoms with Gasteiger partial charge in [0, 0.05) is 17.9 Å². The Hall–Kier alpha value is -1.07. The van der Waals surface area contributed by atoms with Crippen molar-refractivity contribution in [2.45, 2.75) is 19.8 Å². The van der Waals surface area contributed by atoms with Gasteiger partial charge in [-0.25, -0.2) is 0 Å². The molecule has 92 valence electrons. The van der Waals surface area contributed by atoms with Crippen LogP contribution >= 0.6 is 24.0 Å². The first kappa shape index (κ1) is 14.0. The first-order valence-corrected chi connectivity index (χ1v) is 6.69. The lowest BCUT2D eigenvalue weighted by Gasteiger charge is -2.07. The molecule has 0 spiro atoms. The Kier molecular flexibility index (Phi) is 6.00. The van der Waals surface area contributed by atoms with Crippen LogP contribution in [0.25, 0.3) is 0 Å². The number of rotatable bonds is 5. The standard InChI is InChI=1S/C12H15NO2S2/c1-9-4-2-5-10(8-9)13-12(16)17-7-3-6-11(14)15/h2,4-5,8H,3,6-7H2,1H3,(H,13,16)(H,14,15). The third-order valence-electron chi connectivity index (χ3n) is 2.03. The minimum Gasteiger partial charge on any atom is -0.481 e. The second kappa shape index (κ2) is 7.29.